The fraction of sp³-hybridized carbons (Fsp3) is 0.733. The van der Waals surface area contributed by atoms with Crippen molar-refractivity contribution < 1.29 is 9.90 Å². The van der Waals surface area contributed by atoms with Gasteiger partial charge in [0.2, 0.25) is 0 Å². The monoisotopic (exact) mass is 294 g/mol. The zero-order valence-corrected chi connectivity index (χ0v) is 13.4. The number of hydrogen-bond acceptors (Lipinski definition) is 4. The lowest BCUT2D eigenvalue weighted by atomic mass is 9.89. The number of carbonyl (C=O) groups is 1. The zero-order chi connectivity index (χ0) is 15.6. The Morgan fingerprint density at radius 2 is 2.00 bits per heavy atom. The van der Waals surface area contributed by atoms with Gasteiger partial charge in [0.05, 0.1) is 17.9 Å². The van der Waals surface area contributed by atoms with E-state index in [-0.39, 0.29) is 17.4 Å². The largest absolute Gasteiger partial charge is 0.391 e. The SMILES string of the molecule is Cc1[nH]ncc1C(=O)N1CCN(C[C@H](O)C(C)(C)C)CC1. The van der Waals surface area contributed by atoms with Gasteiger partial charge in [-0.05, 0) is 12.3 Å². The Morgan fingerprint density at radius 1 is 1.38 bits per heavy atom. The van der Waals surface area contributed by atoms with E-state index in [0.29, 0.717) is 25.2 Å². The molecule has 21 heavy (non-hydrogen) atoms. The molecule has 0 bridgehead atoms. The molecule has 1 fully saturated rings. The molecule has 1 aliphatic heterocycles. The van der Waals surface area contributed by atoms with Crippen molar-refractivity contribution in [1.82, 2.24) is 20.0 Å². The van der Waals surface area contributed by atoms with E-state index in [2.05, 4.69) is 15.1 Å². The molecule has 2 rings (SSSR count). The summed E-state index contributed by atoms with van der Waals surface area (Å²) in [5.41, 5.74) is 1.35. The van der Waals surface area contributed by atoms with Gasteiger partial charge in [-0.25, -0.2) is 0 Å². The highest BCUT2D eigenvalue weighted by Gasteiger charge is 2.28. The number of aromatic nitrogens is 2. The molecular formula is C15H26N4O2. The van der Waals surface area contributed by atoms with Crippen LogP contribution in [0.15, 0.2) is 6.20 Å². The average Bonchev–Trinajstić information content (AvgIpc) is 2.84. The first-order valence-electron chi connectivity index (χ1n) is 7.48. The van der Waals surface area contributed by atoms with Gasteiger partial charge in [0, 0.05) is 38.4 Å². The van der Waals surface area contributed by atoms with Crippen molar-refractivity contribution in [1.29, 1.82) is 0 Å². The lowest BCUT2D eigenvalue weighted by Gasteiger charge is -2.37. The van der Waals surface area contributed by atoms with E-state index in [1.807, 2.05) is 32.6 Å². The smallest absolute Gasteiger partial charge is 0.257 e. The van der Waals surface area contributed by atoms with Crippen molar-refractivity contribution in [2.75, 3.05) is 32.7 Å². The minimum absolute atomic E-state index is 0.0391. The van der Waals surface area contributed by atoms with Crippen molar-refractivity contribution in [2.24, 2.45) is 5.41 Å². The van der Waals surface area contributed by atoms with Gasteiger partial charge in [0.25, 0.3) is 5.91 Å². The predicted molar refractivity (Wildman–Crippen MR) is 81.1 cm³/mol. The summed E-state index contributed by atoms with van der Waals surface area (Å²) < 4.78 is 0. The van der Waals surface area contributed by atoms with Gasteiger partial charge in [-0.3, -0.25) is 14.8 Å². The van der Waals surface area contributed by atoms with Crippen LogP contribution in [0, 0.1) is 12.3 Å². The third kappa shape index (κ3) is 3.83. The summed E-state index contributed by atoms with van der Waals surface area (Å²) in [5.74, 6) is 0.0391. The molecule has 6 heteroatoms. The molecule has 2 N–H and O–H groups in total. The number of nitrogens with one attached hydrogen (secondary N) is 1. The Kier molecular flexibility index (Phi) is 4.68. The molecule has 1 amide bonds. The van der Waals surface area contributed by atoms with Crippen LogP contribution in [0.3, 0.4) is 0 Å². The number of carbonyl (C=O) groups excluding carboxylic acids is 1. The maximum atomic E-state index is 12.4. The maximum absolute atomic E-state index is 12.4. The van der Waals surface area contributed by atoms with Crippen LogP contribution < -0.4 is 0 Å². The molecule has 6 nitrogen and oxygen atoms in total. The number of aryl methyl sites for hydroxylation is 1. The molecule has 1 aromatic heterocycles. The second kappa shape index (κ2) is 6.15. The standard InChI is InChI=1S/C15H26N4O2/c1-11-12(9-16-17-11)14(21)19-7-5-18(6-8-19)10-13(20)15(2,3)4/h9,13,20H,5-8,10H2,1-4H3,(H,16,17)/t13-/m0/s1. The molecule has 0 radical (unpaired) electrons. The van der Waals surface area contributed by atoms with Crippen LogP contribution >= 0.6 is 0 Å². The van der Waals surface area contributed by atoms with Crippen LogP contribution in [0.2, 0.25) is 0 Å². The molecule has 1 saturated heterocycles. The zero-order valence-electron chi connectivity index (χ0n) is 13.4. The summed E-state index contributed by atoms with van der Waals surface area (Å²) in [5, 5.41) is 16.9. The number of hydrogen-bond donors (Lipinski definition) is 2. The van der Waals surface area contributed by atoms with Gasteiger partial charge in [0.15, 0.2) is 0 Å². The van der Waals surface area contributed by atoms with Crippen molar-refractivity contribution >= 4 is 5.91 Å². The summed E-state index contributed by atoms with van der Waals surface area (Å²) in [6.45, 7) is 11.6. The molecule has 0 aliphatic carbocycles. The summed E-state index contributed by atoms with van der Waals surface area (Å²) >= 11 is 0. The molecular weight excluding hydrogens is 268 g/mol. The molecule has 1 atom stereocenters. The highest BCUT2D eigenvalue weighted by Crippen LogP contribution is 2.20. The lowest BCUT2D eigenvalue weighted by Crippen LogP contribution is -2.51. The molecule has 0 unspecified atom stereocenters. The number of aliphatic hydroxyl groups excluding tert-OH is 1. The molecule has 1 aliphatic rings. The maximum Gasteiger partial charge on any atom is 0.257 e. The third-order valence-corrected chi connectivity index (χ3v) is 4.15. The summed E-state index contributed by atoms with van der Waals surface area (Å²) in [6, 6.07) is 0. The highest BCUT2D eigenvalue weighted by atomic mass is 16.3. The van der Waals surface area contributed by atoms with E-state index < -0.39 is 0 Å². The number of amides is 1. The summed E-state index contributed by atoms with van der Waals surface area (Å²) in [6.07, 6.45) is 1.24. The Hall–Kier alpha value is -1.40. The normalized spacial score (nSPS) is 18.8. The molecule has 1 aromatic rings. The predicted octanol–water partition coefficient (Wildman–Crippen LogP) is 0.883. The van der Waals surface area contributed by atoms with Crippen LogP contribution in [0.4, 0.5) is 0 Å². The van der Waals surface area contributed by atoms with Gasteiger partial charge >= 0.3 is 0 Å². The highest BCUT2D eigenvalue weighted by molar-refractivity contribution is 5.95. The summed E-state index contributed by atoms with van der Waals surface area (Å²) in [4.78, 5) is 16.5. The van der Waals surface area contributed by atoms with E-state index in [0.717, 1.165) is 18.8 Å². The first kappa shape index (κ1) is 16.0. The first-order chi connectivity index (χ1) is 9.79. The van der Waals surface area contributed by atoms with E-state index in [1.165, 1.54) is 0 Å². The second-order valence-corrected chi connectivity index (χ2v) is 6.88. The van der Waals surface area contributed by atoms with Crippen molar-refractivity contribution in [3.05, 3.63) is 17.5 Å². The summed E-state index contributed by atoms with van der Waals surface area (Å²) in [7, 11) is 0. The van der Waals surface area contributed by atoms with Crippen LogP contribution in [-0.4, -0.2) is 69.8 Å². The molecule has 0 spiro atoms. The number of H-pyrrole nitrogens is 1. The fourth-order valence-electron chi connectivity index (χ4n) is 2.39. The Labute approximate surface area is 126 Å². The Balaban J connectivity index is 1.86. The molecule has 2 heterocycles. The van der Waals surface area contributed by atoms with Gasteiger partial charge < -0.3 is 10.0 Å². The van der Waals surface area contributed by atoms with Crippen molar-refractivity contribution in [3.8, 4) is 0 Å². The second-order valence-electron chi connectivity index (χ2n) is 6.88. The van der Waals surface area contributed by atoms with Crippen LogP contribution in [0.1, 0.15) is 36.8 Å². The average molecular weight is 294 g/mol. The number of β-amino-alcohol motifs (C(OH)–C–C–N with tert-alkyl or cyclic N) is 1. The van der Waals surface area contributed by atoms with Crippen LogP contribution in [-0.2, 0) is 0 Å². The van der Waals surface area contributed by atoms with E-state index in [1.54, 1.807) is 6.20 Å². The molecule has 0 saturated carbocycles. The van der Waals surface area contributed by atoms with Gasteiger partial charge in [0.1, 0.15) is 0 Å². The molecule has 0 aromatic carbocycles. The molecule has 118 valence electrons. The van der Waals surface area contributed by atoms with Gasteiger partial charge in [-0.2, -0.15) is 5.10 Å². The van der Waals surface area contributed by atoms with Crippen LogP contribution in [0.5, 0.6) is 0 Å². The minimum atomic E-state index is -0.351. The third-order valence-electron chi connectivity index (χ3n) is 4.15. The van der Waals surface area contributed by atoms with E-state index >= 15 is 0 Å². The lowest BCUT2D eigenvalue weighted by molar-refractivity contribution is 0.0137. The topological polar surface area (TPSA) is 72.5 Å². The van der Waals surface area contributed by atoms with Gasteiger partial charge in [-0.1, -0.05) is 20.8 Å². The first-order valence-corrected chi connectivity index (χ1v) is 7.48. The van der Waals surface area contributed by atoms with E-state index in [9.17, 15) is 9.90 Å². The van der Waals surface area contributed by atoms with Crippen molar-refractivity contribution in [2.45, 2.75) is 33.8 Å². The Morgan fingerprint density at radius 3 is 2.48 bits per heavy atom. The number of nitrogens with zero attached hydrogens (tertiary/aromatic N) is 3. The number of aliphatic hydroxyl groups is 1. The number of aromatic amines is 1. The quantitative estimate of drug-likeness (QED) is 0.868. The Bertz CT molecular complexity index is 484. The number of rotatable bonds is 3. The van der Waals surface area contributed by atoms with Crippen molar-refractivity contribution in [3.63, 3.8) is 0 Å². The fourth-order valence-corrected chi connectivity index (χ4v) is 2.39. The van der Waals surface area contributed by atoms with Gasteiger partial charge in [-0.15, -0.1) is 0 Å². The van der Waals surface area contributed by atoms with Crippen LogP contribution in [0.25, 0.3) is 0 Å². The van der Waals surface area contributed by atoms with E-state index in [4.69, 9.17) is 0 Å². The number of piperazine rings is 1. The minimum Gasteiger partial charge on any atom is -0.391 e.